The molecule has 96 valence electrons. The molecule has 0 atom stereocenters. The minimum atomic E-state index is -0.179. The molecule has 0 spiro atoms. The van der Waals surface area contributed by atoms with Crippen molar-refractivity contribution in [2.75, 3.05) is 26.0 Å². The number of amides is 1. The van der Waals surface area contributed by atoms with E-state index < -0.39 is 0 Å². The van der Waals surface area contributed by atoms with E-state index in [2.05, 4.69) is 5.32 Å². The summed E-state index contributed by atoms with van der Waals surface area (Å²) in [5, 5.41) is 4.18. The van der Waals surface area contributed by atoms with Crippen molar-refractivity contribution in [3.63, 3.8) is 0 Å². The van der Waals surface area contributed by atoms with E-state index in [1.54, 1.807) is 19.2 Å². The Bertz CT molecular complexity index is 583. The molecular weight excluding hydrogens is 272 g/mol. The van der Waals surface area contributed by atoms with Gasteiger partial charge in [-0.3, -0.25) is 4.79 Å². The van der Waals surface area contributed by atoms with Gasteiger partial charge in [0.05, 0.1) is 12.3 Å². The highest BCUT2D eigenvalue weighted by atomic mass is 35.5. The molecule has 1 heterocycles. The molecule has 6 heteroatoms. The van der Waals surface area contributed by atoms with Gasteiger partial charge in [0.2, 0.25) is 0 Å². The van der Waals surface area contributed by atoms with E-state index in [1.165, 1.54) is 11.3 Å². The van der Waals surface area contributed by atoms with E-state index in [-0.39, 0.29) is 5.91 Å². The maximum Gasteiger partial charge on any atom is 0.263 e. The Hall–Kier alpha value is -1.30. The van der Waals surface area contributed by atoms with Crippen LogP contribution < -0.4 is 11.1 Å². The molecule has 0 aliphatic rings. The molecule has 1 amide bonds. The largest absolute Gasteiger partial charge is 0.397 e. The van der Waals surface area contributed by atoms with Crippen LogP contribution in [-0.2, 0) is 4.74 Å². The highest BCUT2D eigenvalue weighted by Gasteiger charge is 2.15. The minimum Gasteiger partial charge on any atom is -0.397 e. The van der Waals surface area contributed by atoms with Crippen LogP contribution in [0.2, 0.25) is 5.02 Å². The molecule has 0 aliphatic heterocycles. The number of nitrogens with one attached hydrogen (secondary N) is 1. The van der Waals surface area contributed by atoms with Crippen molar-refractivity contribution < 1.29 is 9.53 Å². The molecule has 18 heavy (non-hydrogen) atoms. The summed E-state index contributed by atoms with van der Waals surface area (Å²) in [5.41, 5.74) is 6.45. The Morgan fingerprint density at radius 1 is 1.56 bits per heavy atom. The first-order chi connectivity index (χ1) is 8.63. The molecule has 2 rings (SSSR count). The van der Waals surface area contributed by atoms with Gasteiger partial charge >= 0.3 is 0 Å². The number of carbonyl (C=O) groups excluding carboxylic acids is 1. The normalized spacial score (nSPS) is 10.8. The van der Waals surface area contributed by atoms with Crippen molar-refractivity contribution in [3.8, 4) is 0 Å². The number of benzene rings is 1. The number of fused-ring (bicyclic) bond motifs is 1. The monoisotopic (exact) mass is 284 g/mol. The number of nitrogens with two attached hydrogens (primary N) is 1. The smallest absolute Gasteiger partial charge is 0.263 e. The summed E-state index contributed by atoms with van der Waals surface area (Å²) in [7, 11) is 1.59. The zero-order chi connectivity index (χ0) is 13.1. The fourth-order valence-electron chi connectivity index (χ4n) is 1.60. The Kier molecular flexibility index (Phi) is 4.06. The minimum absolute atomic E-state index is 0.179. The van der Waals surface area contributed by atoms with E-state index in [0.717, 1.165) is 10.1 Å². The van der Waals surface area contributed by atoms with Crippen molar-refractivity contribution in [1.82, 2.24) is 5.32 Å². The average Bonchev–Trinajstić information content (AvgIpc) is 2.67. The van der Waals surface area contributed by atoms with Crippen LogP contribution in [0.5, 0.6) is 0 Å². The molecule has 0 saturated heterocycles. The molecule has 3 N–H and O–H groups in total. The van der Waals surface area contributed by atoms with Crippen LogP contribution in [0, 0.1) is 0 Å². The molecule has 0 aliphatic carbocycles. The lowest BCUT2D eigenvalue weighted by Gasteiger charge is -2.02. The predicted octanol–water partition coefficient (Wildman–Crippen LogP) is 2.51. The van der Waals surface area contributed by atoms with Crippen molar-refractivity contribution in [1.29, 1.82) is 0 Å². The molecule has 0 bridgehead atoms. The number of methoxy groups -OCH3 is 1. The summed E-state index contributed by atoms with van der Waals surface area (Å²) in [6, 6.07) is 5.42. The second kappa shape index (κ2) is 5.56. The SMILES string of the molecule is COCCNC(=O)c1sc2ccc(Cl)cc2c1N. The van der Waals surface area contributed by atoms with Crippen LogP contribution >= 0.6 is 22.9 Å². The molecule has 1 aromatic carbocycles. The summed E-state index contributed by atoms with van der Waals surface area (Å²) >= 11 is 7.28. The van der Waals surface area contributed by atoms with Gasteiger partial charge in [0.15, 0.2) is 0 Å². The fraction of sp³-hybridized carbons (Fsp3) is 0.250. The Labute approximate surface area is 114 Å². The molecule has 1 aromatic heterocycles. The number of hydrogen-bond donors (Lipinski definition) is 2. The third-order valence-electron chi connectivity index (χ3n) is 2.49. The van der Waals surface area contributed by atoms with Gasteiger partial charge in [0, 0.05) is 28.8 Å². The second-order valence-electron chi connectivity index (χ2n) is 3.73. The lowest BCUT2D eigenvalue weighted by molar-refractivity contribution is 0.0942. The van der Waals surface area contributed by atoms with Gasteiger partial charge in [0.25, 0.3) is 5.91 Å². The molecule has 0 saturated carbocycles. The first kappa shape index (κ1) is 13.1. The lowest BCUT2D eigenvalue weighted by atomic mass is 10.2. The molecule has 0 radical (unpaired) electrons. The van der Waals surface area contributed by atoms with E-state index in [1.807, 2.05) is 6.07 Å². The van der Waals surface area contributed by atoms with Gasteiger partial charge in [-0.05, 0) is 18.2 Å². The summed E-state index contributed by atoms with van der Waals surface area (Å²) in [6.45, 7) is 0.937. The van der Waals surface area contributed by atoms with Crippen LogP contribution in [0.25, 0.3) is 10.1 Å². The number of hydrogen-bond acceptors (Lipinski definition) is 4. The van der Waals surface area contributed by atoms with Crippen LogP contribution in [0.3, 0.4) is 0 Å². The van der Waals surface area contributed by atoms with Gasteiger partial charge in [0.1, 0.15) is 4.88 Å². The van der Waals surface area contributed by atoms with Gasteiger partial charge < -0.3 is 15.8 Å². The van der Waals surface area contributed by atoms with Crippen LogP contribution in [0.4, 0.5) is 5.69 Å². The van der Waals surface area contributed by atoms with Crippen molar-refractivity contribution in [3.05, 3.63) is 28.1 Å². The maximum absolute atomic E-state index is 11.9. The molecular formula is C12H13ClN2O2S. The van der Waals surface area contributed by atoms with Gasteiger partial charge in [-0.1, -0.05) is 11.6 Å². The molecule has 0 unspecified atom stereocenters. The topological polar surface area (TPSA) is 64.3 Å². The number of rotatable bonds is 4. The number of anilines is 1. The zero-order valence-corrected chi connectivity index (χ0v) is 11.4. The van der Waals surface area contributed by atoms with E-state index >= 15 is 0 Å². The van der Waals surface area contributed by atoms with Crippen LogP contribution in [0.1, 0.15) is 9.67 Å². The van der Waals surface area contributed by atoms with Gasteiger partial charge in [-0.2, -0.15) is 0 Å². The number of nitrogen functional groups attached to an aromatic ring is 1. The van der Waals surface area contributed by atoms with Gasteiger partial charge in [-0.25, -0.2) is 0 Å². The van der Waals surface area contributed by atoms with Crippen molar-refractivity contribution >= 4 is 44.6 Å². The highest BCUT2D eigenvalue weighted by molar-refractivity contribution is 7.21. The number of thiophene rings is 1. The number of carbonyl (C=O) groups is 1. The molecule has 2 aromatic rings. The van der Waals surface area contributed by atoms with Crippen molar-refractivity contribution in [2.45, 2.75) is 0 Å². The summed E-state index contributed by atoms with van der Waals surface area (Å²) in [4.78, 5) is 12.4. The quantitative estimate of drug-likeness (QED) is 0.848. The standard InChI is InChI=1S/C12H13ClN2O2S/c1-17-5-4-15-12(16)11-10(14)8-6-7(13)2-3-9(8)18-11/h2-3,6H,4-5,14H2,1H3,(H,15,16). The molecule has 4 nitrogen and oxygen atoms in total. The van der Waals surface area contributed by atoms with Crippen LogP contribution in [0.15, 0.2) is 18.2 Å². The fourth-order valence-corrected chi connectivity index (χ4v) is 2.80. The van der Waals surface area contributed by atoms with Crippen LogP contribution in [-0.4, -0.2) is 26.2 Å². The molecule has 0 fully saturated rings. The maximum atomic E-state index is 11.9. The zero-order valence-electron chi connectivity index (χ0n) is 9.83. The van der Waals surface area contributed by atoms with E-state index in [4.69, 9.17) is 22.1 Å². The Morgan fingerprint density at radius 2 is 2.33 bits per heavy atom. The first-order valence-corrected chi connectivity index (χ1v) is 6.57. The third kappa shape index (κ3) is 2.58. The number of ether oxygens (including phenoxy) is 1. The average molecular weight is 285 g/mol. The Morgan fingerprint density at radius 3 is 3.06 bits per heavy atom. The van der Waals surface area contributed by atoms with E-state index in [9.17, 15) is 4.79 Å². The Balaban J connectivity index is 2.28. The third-order valence-corrected chi connectivity index (χ3v) is 3.91. The lowest BCUT2D eigenvalue weighted by Crippen LogP contribution is -2.26. The number of halogens is 1. The predicted molar refractivity (Wildman–Crippen MR) is 75.5 cm³/mol. The summed E-state index contributed by atoms with van der Waals surface area (Å²) in [6.07, 6.45) is 0. The highest BCUT2D eigenvalue weighted by Crippen LogP contribution is 2.35. The van der Waals surface area contributed by atoms with Gasteiger partial charge in [-0.15, -0.1) is 11.3 Å². The summed E-state index contributed by atoms with van der Waals surface area (Å²) < 4.78 is 5.83. The second-order valence-corrected chi connectivity index (χ2v) is 5.22. The summed E-state index contributed by atoms with van der Waals surface area (Å²) in [5.74, 6) is -0.179. The van der Waals surface area contributed by atoms with Crippen molar-refractivity contribution in [2.24, 2.45) is 0 Å². The van der Waals surface area contributed by atoms with E-state index in [0.29, 0.717) is 28.7 Å². The first-order valence-electron chi connectivity index (χ1n) is 5.38.